The number of rotatable bonds is 5. The van der Waals surface area contributed by atoms with Crippen molar-refractivity contribution in [2.45, 2.75) is 23.4 Å². The third kappa shape index (κ3) is 3.70. The molecule has 0 unspecified atom stereocenters. The zero-order valence-electron chi connectivity index (χ0n) is 10.1. The molecule has 2 rings (SSSR count). The van der Waals surface area contributed by atoms with Crippen LogP contribution in [0.3, 0.4) is 0 Å². The molecule has 0 amide bonds. The number of hydrogen-bond acceptors (Lipinski definition) is 4. The summed E-state index contributed by atoms with van der Waals surface area (Å²) in [6.45, 7) is 3.81. The minimum atomic E-state index is 0.787. The molecule has 0 aliphatic rings. The molecule has 0 aliphatic carbocycles. The van der Waals surface area contributed by atoms with Crippen LogP contribution in [0.4, 0.5) is 0 Å². The molecule has 1 heterocycles. The first-order chi connectivity index (χ1) is 8.79. The predicted molar refractivity (Wildman–Crippen MR) is 75.0 cm³/mol. The van der Waals surface area contributed by atoms with Crippen LogP contribution in [0.5, 0.6) is 0 Å². The van der Waals surface area contributed by atoms with Gasteiger partial charge in [-0.25, -0.2) is 9.97 Å². The molecule has 1 aromatic carbocycles. The van der Waals surface area contributed by atoms with Gasteiger partial charge in [0.2, 0.25) is 0 Å². The van der Waals surface area contributed by atoms with E-state index in [1.807, 2.05) is 12.1 Å². The van der Waals surface area contributed by atoms with Crippen molar-refractivity contribution in [3.8, 4) is 0 Å². The molecule has 5 heteroatoms. The van der Waals surface area contributed by atoms with Crippen LogP contribution in [0.25, 0.3) is 0 Å². The minimum Gasteiger partial charge on any atom is -0.313 e. The van der Waals surface area contributed by atoms with E-state index < -0.39 is 0 Å². The molecule has 0 aliphatic heterocycles. The summed E-state index contributed by atoms with van der Waals surface area (Å²) >= 11 is 7.82. The topological polar surface area (TPSA) is 37.8 Å². The second kappa shape index (κ2) is 6.73. The van der Waals surface area contributed by atoms with Crippen molar-refractivity contribution in [2.75, 3.05) is 6.54 Å². The number of nitrogens with zero attached hydrogens (tertiary/aromatic N) is 2. The molecule has 0 bridgehead atoms. The Kier molecular flexibility index (Phi) is 4.99. The van der Waals surface area contributed by atoms with Gasteiger partial charge in [-0.2, -0.15) is 0 Å². The van der Waals surface area contributed by atoms with Crippen molar-refractivity contribution in [3.63, 3.8) is 0 Å². The molecular weight excluding hydrogens is 266 g/mol. The average molecular weight is 280 g/mol. The summed E-state index contributed by atoms with van der Waals surface area (Å²) in [5.74, 6) is 0. The Morgan fingerprint density at radius 1 is 1.33 bits per heavy atom. The first kappa shape index (κ1) is 13.3. The fourth-order valence-electron chi connectivity index (χ4n) is 1.45. The third-order valence-corrected chi connectivity index (χ3v) is 3.66. The van der Waals surface area contributed by atoms with Crippen molar-refractivity contribution >= 4 is 23.4 Å². The highest BCUT2D eigenvalue weighted by Gasteiger charge is 2.03. The van der Waals surface area contributed by atoms with Crippen molar-refractivity contribution in [2.24, 2.45) is 0 Å². The summed E-state index contributed by atoms with van der Waals surface area (Å²) in [6, 6.07) is 7.96. The van der Waals surface area contributed by atoms with Gasteiger partial charge in [0.15, 0.2) is 0 Å². The molecule has 0 fully saturated rings. The van der Waals surface area contributed by atoms with Crippen molar-refractivity contribution in [1.82, 2.24) is 15.3 Å². The van der Waals surface area contributed by atoms with Crippen LogP contribution in [0.1, 0.15) is 12.5 Å². The van der Waals surface area contributed by atoms with Crippen LogP contribution in [-0.4, -0.2) is 16.5 Å². The molecular formula is C13H14ClN3S. The van der Waals surface area contributed by atoms with Gasteiger partial charge in [0, 0.05) is 22.7 Å². The number of halogens is 1. The Labute approximate surface area is 116 Å². The molecule has 0 radical (unpaired) electrons. The number of benzene rings is 1. The van der Waals surface area contributed by atoms with Gasteiger partial charge < -0.3 is 5.32 Å². The summed E-state index contributed by atoms with van der Waals surface area (Å²) in [4.78, 5) is 9.15. The van der Waals surface area contributed by atoms with E-state index >= 15 is 0 Å². The zero-order valence-corrected chi connectivity index (χ0v) is 11.6. The van der Waals surface area contributed by atoms with Gasteiger partial charge in [-0.15, -0.1) is 0 Å². The van der Waals surface area contributed by atoms with Gasteiger partial charge in [-0.3, -0.25) is 0 Å². The van der Waals surface area contributed by atoms with Crippen LogP contribution < -0.4 is 5.32 Å². The lowest BCUT2D eigenvalue weighted by atomic mass is 10.2. The second-order valence-electron chi connectivity index (χ2n) is 3.68. The van der Waals surface area contributed by atoms with E-state index in [9.17, 15) is 0 Å². The maximum Gasteiger partial charge on any atom is 0.116 e. The molecule has 3 nitrogen and oxygen atoms in total. The summed E-state index contributed by atoms with van der Waals surface area (Å²) in [7, 11) is 0. The first-order valence-corrected chi connectivity index (χ1v) is 6.92. The lowest BCUT2D eigenvalue weighted by molar-refractivity contribution is 0.726. The van der Waals surface area contributed by atoms with E-state index in [1.165, 1.54) is 0 Å². The summed E-state index contributed by atoms with van der Waals surface area (Å²) in [6.07, 6.45) is 3.28. The van der Waals surface area contributed by atoms with E-state index in [1.54, 1.807) is 24.3 Å². The molecule has 94 valence electrons. The van der Waals surface area contributed by atoms with Crippen LogP contribution in [0.15, 0.2) is 46.7 Å². The highest BCUT2D eigenvalue weighted by atomic mass is 35.5. The van der Waals surface area contributed by atoms with Gasteiger partial charge >= 0.3 is 0 Å². The standard InChI is InChI=1S/C13H14ClN3S/c1-2-15-8-10-3-4-11(7-12(10)14)18-13-5-6-16-9-17-13/h3-7,9,15H,2,8H2,1H3. The number of aromatic nitrogens is 2. The smallest absolute Gasteiger partial charge is 0.116 e. The lowest BCUT2D eigenvalue weighted by Crippen LogP contribution is -2.11. The van der Waals surface area contributed by atoms with Gasteiger partial charge in [-0.05, 0) is 30.3 Å². The summed E-state index contributed by atoms with van der Waals surface area (Å²) in [5.41, 5.74) is 1.12. The molecule has 0 atom stereocenters. The Morgan fingerprint density at radius 2 is 2.22 bits per heavy atom. The van der Waals surface area contributed by atoms with Crippen LogP contribution in [0, 0.1) is 0 Å². The fourth-order valence-corrected chi connectivity index (χ4v) is 2.55. The summed E-state index contributed by atoms with van der Waals surface area (Å²) in [5, 5.41) is 4.97. The molecule has 0 saturated heterocycles. The second-order valence-corrected chi connectivity index (χ2v) is 5.18. The molecule has 2 aromatic rings. The zero-order chi connectivity index (χ0) is 12.8. The highest BCUT2D eigenvalue weighted by Crippen LogP contribution is 2.29. The largest absolute Gasteiger partial charge is 0.313 e. The molecule has 0 saturated carbocycles. The third-order valence-electron chi connectivity index (χ3n) is 2.37. The molecule has 1 N–H and O–H groups in total. The highest BCUT2D eigenvalue weighted by molar-refractivity contribution is 7.99. The van der Waals surface area contributed by atoms with Crippen LogP contribution in [0.2, 0.25) is 5.02 Å². The maximum absolute atomic E-state index is 6.25. The normalized spacial score (nSPS) is 10.6. The van der Waals surface area contributed by atoms with E-state index in [0.29, 0.717) is 0 Å². The van der Waals surface area contributed by atoms with E-state index in [2.05, 4.69) is 34.3 Å². The lowest BCUT2D eigenvalue weighted by Gasteiger charge is -2.07. The van der Waals surface area contributed by atoms with Gasteiger partial charge in [-0.1, -0.05) is 36.4 Å². The first-order valence-electron chi connectivity index (χ1n) is 5.72. The Morgan fingerprint density at radius 3 is 2.89 bits per heavy atom. The Bertz CT molecular complexity index is 505. The van der Waals surface area contributed by atoms with Crippen molar-refractivity contribution < 1.29 is 0 Å². The molecule has 0 spiro atoms. The maximum atomic E-state index is 6.25. The van der Waals surface area contributed by atoms with E-state index in [4.69, 9.17) is 11.6 Å². The number of nitrogens with one attached hydrogen (secondary N) is 1. The predicted octanol–water partition coefficient (Wildman–Crippen LogP) is 3.39. The van der Waals surface area contributed by atoms with E-state index in [-0.39, 0.29) is 0 Å². The van der Waals surface area contributed by atoms with E-state index in [0.717, 1.165) is 33.6 Å². The van der Waals surface area contributed by atoms with Gasteiger partial charge in [0.1, 0.15) is 11.4 Å². The number of hydrogen-bond donors (Lipinski definition) is 1. The monoisotopic (exact) mass is 279 g/mol. The molecule has 18 heavy (non-hydrogen) atoms. The Balaban J connectivity index is 2.09. The fraction of sp³-hybridized carbons (Fsp3) is 0.231. The Hall–Kier alpha value is -1.10. The summed E-state index contributed by atoms with van der Waals surface area (Å²) < 4.78 is 0. The average Bonchev–Trinajstić information content (AvgIpc) is 2.39. The van der Waals surface area contributed by atoms with Gasteiger partial charge in [0.05, 0.1) is 0 Å². The van der Waals surface area contributed by atoms with Gasteiger partial charge in [0.25, 0.3) is 0 Å². The van der Waals surface area contributed by atoms with Crippen molar-refractivity contribution in [3.05, 3.63) is 47.4 Å². The minimum absolute atomic E-state index is 0.787. The SMILES string of the molecule is CCNCc1ccc(Sc2ccncn2)cc1Cl. The van der Waals surface area contributed by atoms with Crippen LogP contribution in [-0.2, 0) is 6.54 Å². The van der Waals surface area contributed by atoms with Crippen LogP contribution >= 0.6 is 23.4 Å². The van der Waals surface area contributed by atoms with Crippen molar-refractivity contribution in [1.29, 1.82) is 0 Å². The quantitative estimate of drug-likeness (QED) is 0.852. The molecule has 1 aromatic heterocycles.